The maximum Gasteiger partial charge on any atom is 0.498 e. The number of aromatic nitrogens is 2. The first-order valence-corrected chi connectivity index (χ1v) is 13.7. The van der Waals surface area contributed by atoms with E-state index in [9.17, 15) is 9.59 Å². The summed E-state index contributed by atoms with van der Waals surface area (Å²) in [4.78, 5) is 38.9. The summed E-state index contributed by atoms with van der Waals surface area (Å²) in [7, 11) is -0.521. The average molecular weight is 532 g/mol. The van der Waals surface area contributed by atoms with Gasteiger partial charge in [-0.3, -0.25) is 4.79 Å². The van der Waals surface area contributed by atoms with Crippen LogP contribution in [0.25, 0.3) is 0 Å². The highest BCUT2D eigenvalue weighted by molar-refractivity contribution is 6.61. The van der Waals surface area contributed by atoms with Crippen molar-refractivity contribution in [2.45, 2.75) is 123 Å². The first-order chi connectivity index (χ1) is 17.5. The molecule has 38 heavy (non-hydrogen) atoms. The number of nitrogens with one attached hydrogen (secondary N) is 1. The summed E-state index contributed by atoms with van der Waals surface area (Å²) in [5.41, 5.74) is -0.733. The summed E-state index contributed by atoms with van der Waals surface area (Å²) in [6.45, 7) is 20.6. The van der Waals surface area contributed by atoms with Crippen LogP contribution in [-0.2, 0) is 18.8 Å². The first kappa shape index (κ1) is 30.2. The number of ether oxygens (including phenoxy) is 1. The van der Waals surface area contributed by atoms with Crippen LogP contribution in [0.1, 0.15) is 88.5 Å². The minimum atomic E-state index is -0.687. The van der Waals surface area contributed by atoms with Gasteiger partial charge in [-0.25, -0.2) is 14.8 Å². The standard InChI is InChI=1S/C27H46BN5O5/c1-18(2)33(23-29-15-20(16-30-23)28-37-26(7,8)27(9,10)38-28)17-21-13-11-12-14-32(21)22(34)19(3)31-24(35)36-25(4,5)6/h15-16,18-19,21H,11-14,17H2,1-10H3,(H,31,35)/t19-,21+/m1/s1. The summed E-state index contributed by atoms with van der Waals surface area (Å²) in [6.07, 6.45) is 5.78. The number of rotatable bonds is 7. The monoisotopic (exact) mass is 531 g/mol. The van der Waals surface area contributed by atoms with Gasteiger partial charge in [-0.1, -0.05) is 0 Å². The topological polar surface area (TPSA) is 106 Å². The van der Waals surface area contributed by atoms with Gasteiger partial charge in [-0.15, -0.1) is 0 Å². The van der Waals surface area contributed by atoms with Crippen molar-refractivity contribution in [2.75, 3.05) is 18.0 Å². The van der Waals surface area contributed by atoms with Crippen molar-refractivity contribution in [3.63, 3.8) is 0 Å². The fraction of sp³-hybridized carbons (Fsp3) is 0.778. The zero-order valence-corrected chi connectivity index (χ0v) is 24.8. The molecule has 11 heteroatoms. The Morgan fingerprint density at radius 1 is 1.13 bits per heavy atom. The van der Waals surface area contributed by atoms with Crippen LogP contribution in [0.3, 0.4) is 0 Å². The predicted octanol–water partition coefficient (Wildman–Crippen LogP) is 3.28. The quantitative estimate of drug-likeness (QED) is 0.535. The smallest absolute Gasteiger partial charge is 0.444 e. The van der Waals surface area contributed by atoms with E-state index in [0.29, 0.717) is 19.0 Å². The highest BCUT2D eigenvalue weighted by Gasteiger charge is 2.52. The Morgan fingerprint density at radius 3 is 2.24 bits per heavy atom. The Kier molecular flexibility index (Phi) is 9.03. The third-order valence-electron chi connectivity index (χ3n) is 7.49. The van der Waals surface area contributed by atoms with Crippen molar-refractivity contribution >= 4 is 30.5 Å². The number of hydrogen-bond acceptors (Lipinski definition) is 8. The summed E-state index contributed by atoms with van der Waals surface area (Å²) in [5.74, 6) is 0.486. The second kappa shape index (κ2) is 11.4. The van der Waals surface area contributed by atoms with Gasteiger partial charge < -0.3 is 29.2 Å². The number of carbonyl (C=O) groups excluding carboxylic acids is 2. The normalized spacial score (nSPS) is 21.8. The maximum atomic E-state index is 13.4. The molecule has 2 amide bonds. The number of carbonyl (C=O) groups is 2. The van der Waals surface area contributed by atoms with E-state index in [2.05, 4.69) is 34.0 Å². The van der Waals surface area contributed by atoms with Gasteiger partial charge >= 0.3 is 13.2 Å². The van der Waals surface area contributed by atoms with Gasteiger partial charge in [0.15, 0.2) is 0 Å². The molecule has 0 aromatic carbocycles. The Labute approximate surface area is 228 Å². The molecule has 2 aliphatic rings. The van der Waals surface area contributed by atoms with Crippen LogP contribution in [0, 0.1) is 0 Å². The van der Waals surface area contributed by atoms with Gasteiger partial charge in [-0.05, 0) is 88.5 Å². The summed E-state index contributed by atoms with van der Waals surface area (Å²) in [5, 5.41) is 2.69. The highest BCUT2D eigenvalue weighted by atomic mass is 16.7. The fourth-order valence-corrected chi connectivity index (χ4v) is 4.61. The van der Waals surface area contributed by atoms with Gasteiger partial charge in [-0.2, -0.15) is 0 Å². The molecule has 2 atom stereocenters. The van der Waals surface area contributed by atoms with Gasteiger partial charge in [0, 0.05) is 43.0 Å². The molecular formula is C27H46BN5O5. The number of amides is 2. The van der Waals surface area contributed by atoms with Crippen LogP contribution in [-0.4, -0.2) is 82.0 Å². The molecular weight excluding hydrogens is 485 g/mol. The molecule has 3 heterocycles. The molecule has 1 N–H and O–H groups in total. The third-order valence-corrected chi connectivity index (χ3v) is 7.49. The minimum Gasteiger partial charge on any atom is -0.444 e. The molecule has 0 unspecified atom stereocenters. The lowest BCUT2D eigenvalue weighted by Gasteiger charge is -2.41. The molecule has 0 bridgehead atoms. The zero-order chi connectivity index (χ0) is 28.5. The van der Waals surface area contributed by atoms with Gasteiger partial charge in [0.05, 0.1) is 11.2 Å². The number of alkyl carbamates (subject to hydrolysis) is 1. The zero-order valence-electron chi connectivity index (χ0n) is 24.8. The SMILES string of the molecule is CC(C)N(C[C@@H]1CCCCN1C(=O)[C@@H](C)NC(=O)OC(C)(C)C)c1ncc(B2OC(C)(C)C(C)(C)O2)cn1. The van der Waals surface area contributed by atoms with Crippen molar-refractivity contribution in [1.29, 1.82) is 0 Å². The van der Waals surface area contributed by atoms with E-state index in [1.807, 2.05) is 32.6 Å². The Hall–Kier alpha value is -2.40. The summed E-state index contributed by atoms with van der Waals surface area (Å²) in [6, 6.07) is -0.588. The molecule has 212 valence electrons. The van der Waals surface area contributed by atoms with Gasteiger partial charge in [0.2, 0.25) is 11.9 Å². The molecule has 2 aliphatic heterocycles. The van der Waals surface area contributed by atoms with Crippen LogP contribution in [0.4, 0.5) is 10.7 Å². The average Bonchev–Trinajstić information content (AvgIpc) is 3.02. The van der Waals surface area contributed by atoms with Crippen LogP contribution in [0.15, 0.2) is 12.4 Å². The van der Waals surface area contributed by atoms with Crippen LogP contribution >= 0.6 is 0 Å². The Morgan fingerprint density at radius 2 is 1.71 bits per heavy atom. The molecule has 0 radical (unpaired) electrons. The minimum absolute atomic E-state index is 0.0205. The van der Waals surface area contributed by atoms with E-state index in [1.165, 1.54) is 0 Å². The van der Waals surface area contributed by atoms with Crippen molar-refractivity contribution in [1.82, 2.24) is 20.2 Å². The van der Waals surface area contributed by atoms with Crippen LogP contribution in [0.5, 0.6) is 0 Å². The Bertz CT molecular complexity index is 963. The molecule has 3 rings (SSSR count). The molecule has 0 aliphatic carbocycles. The summed E-state index contributed by atoms with van der Waals surface area (Å²) >= 11 is 0. The van der Waals surface area contributed by atoms with E-state index in [4.69, 9.17) is 14.0 Å². The van der Waals surface area contributed by atoms with Crippen molar-refractivity contribution in [3.05, 3.63) is 12.4 Å². The first-order valence-electron chi connectivity index (χ1n) is 13.7. The van der Waals surface area contributed by atoms with Crippen molar-refractivity contribution in [3.8, 4) is 0 Å². The predicted molar refractivity (Wildman–Crippen MR) is 148 cm³/mol. The number of piperidine rings is 1. The van der Waals surface area contributed by atoms with E-state index in [1.54, 1.807) is 40.1 Å². The van der Waals surface area contributed by atoms with E-state index < -0.39 is 36.1 Å². The lowest BCUT2D eigenvalue weighted by atomic mass is 9.81. The number of anilines is 1. The third kappa shape index (κ3) is 7.17. The second-order valence-corrected chi connectivity index (χ2v) is 12.7. The second-order valence-electron chi connectivity index (χ2n) is 12.7. The lowest BCUT2D eigenvalue weighted by Crippen LogP contribution is -2.56. The highest BCUT2D eigenvalue weighted by Crippen LogP contribution is 2.36. The molecule has 0 spiro atoms. The van der Waals surface area contributed by atoms with Crippen molar-refractivity contribution < 1.29 is 23.6 Å². The van der Waals surface area contributed by atoms with Crippen LogP contribution < -0.4 is 15.7 Å². The van der Waals surface area contributed by atoms with E-state index >= 15 is 0 Å². The number of nitrogens with zero attached hydrogens (tertiary/aromatic N) is 4. The van der Waals surface area contributed by atoms with Crippen LogP contribution in [0.2, 0.25) is 0 Å². The van der Waals surface area contributed by atoms with Gasteiger partial charge in [0.25, 0.3) is 0 Å². The summed E-state index contributed by atoms with van der Waals surface area (Å²) < 4.78 is 17.6. The number of hydrogen-bond donors (Lipinski definition) is 1. The molecule has 10 nitrogen and oxygen atoms in total. The molecule has 1 aromatic heterocycles. The molecule has 0 saturated carbocycles. The van der Waals surface area contributed by atoms with Crippen molar-refractivity contribution in [2.24, 2.45) is 0 Å². The van der Waals surface area contributed by atoms with Gasteiger partial charge in [0.1, 0.15) is 11.6 Å². The molecule has 2 fully saturated rings. The maximum absolute atomic E-state index is 13.4. The van der Waals surface area contributed by atoms with E-state index in [0.717, 1.165) is 24.7 Å². The lowest BCUT2D eigenvalue weighted by molar-refractivity contribution is -0.136. The molecule has 1 aromatic rings. The largest absolute Gasteiger partial charge is 0.498 e. The van der Waals surface area contributed by atoms with E-state index in [-0.39, 0.29) is 18.0 Å². The molecule has 2 saturated heterocycles. The Balaban J connectivity index is 1.70. The number of likely N-dealkylation sites (tertiary alicyclic amines) is 1. The fourth-order valence-electron chi connectivity index (χ4n) is 4.61.